The van der Waals surface area contributed by atoms with Crippen LogP contribution >= 0.6 is 11.6 Å². The molecule has 0 radical (unpaired) electrons. The van der Waals surface area contributed by atoms with Crippen molar-refractivity contribution in [2.75, 3.05) is 5.32 Å². The third kappa shape index (κ3) is 3.26. The summed E-state index contributed by atoms with van der Waals surface area (Å²) in [5.41, 5.74) is 0.409. The predicted octanol–water partition coefficient (Wildman–Crippen LogP) is 4.59. The van der Waals surface area contributed by atoms with Gasteiger partial charge >= 0.3 is 0 Å². The van der Waals surface area contributed by atoms with Gasteiger partial charge in [0, 0.05) is 11.1 Å². The molecule has 0 atom stereocenters. The van der Waals surface area contributed by atoms with Crippen molar-refractivity contribution in [3.05, 3.63) is 23.2 Å². The van der Waals surface area contributed by atoms with Crippen LogP contribution in [0.3, 0.4) is 0 Å². The van der Waals surface area contributed by atoms with Crippen LogP contribution < -0.4 is 5.32 Å². The molecule has 0 spiro atoms. The highest BCUT2D eigenvalue weighted by atomic mass is 35.5. The molecule has 2 rings (SSSR count). The lowest BCUT2D eigenvalue weighted by molar-refractivity contribution is -0.126. The molecule has 0 heterocycles. The number of phenols is 1. The van der Waals surface area contributed by atoms with Crippen LogP contribution in [-0.2, 0) is 4.79 Å². The molecule has 0 aromatic heterocycles. The standard InChI is InChI=1S/C16H22ClNO2/c1-11(2)10-16(7-3-4-8-16)15(20)18-12-5-6-14(19)13(17)9-12/h5-6,9,11,19H,3-4,7-8,10H2,1-2H3,(H,18,20). The third-order valence-corrected chi connectivity index (χ3v) is 4.35. The van der Waals surface area contributed by atoms with Crippen LogP contribution in [-0.4, -0.2) is 11.0 Å². The summed E-state index contributed by atoms with van der Waals surface area (Å²) in [6, 6.07) is 4.77. The number of rotatable bonds is 4. The maximum atomic E-state index is 12.7. The average molecular weight is 296 g/mol. The quantitative estimate of drug-likeness (QED) is 0.798. The summed E-state index contributed by atoms with van der Waals surface area (Å²) in [5, 5.41) is 12.6. The molecule has 0 saturated heterocycles. The van der Waals surface area contributed by atoms with Crippen LogP contribution in [0.1, 0.15) is 46.0 Å². The molecule has 0 unspecified atom stereocenters. The molecule has 4 heteroatoms. The first-order valence-corrected chi connectivity index (χ1v) is 7.61. The molecule has 0 aliphatic heterocycles. The van der Waals surface area contributed by atoms with Crippen molar-refractivity contribution in [2.45, 2.75) is 46.0 Å². The number of carbonyl (C=O) groups is 1. The van der Waals surface area contributed by atoms with Crippen LogP contribution in [0.5, 0.6) is 5.75 Å². The molecule has 1 fully saturated rings. The SMILES string of the molecule is CC(C)CC1(C(=O)Nc2ccc(O)c(Cl)c2)CCCC1. The molecular weight excluding hydrogens is 274 g/mol. The highest BCUT2D eigenvalue weighted by Crippen LogP contribution is 2.44. The molecule has 1 aromatic carbocycles. The number of phenolic OH excluding ortho intramolecular Hbond substituents is 1. The van der Waals surface area contributed by atoms with Crippen molar-refractivity contribution in [1.82, 2.24) is 0 Å². The first kappa shape index (κ1) is 15.2. The van der Waals surface area contributed by atoms with E-state index in [1.54, 1.807) is 12.1 Å². The molecule has 110 valence electrons. The minimum Gasteiger partial charge on any atom is -0.506 e. The Bertz CT molecular complexity index is 493. The zero-order valence-electron chi connectivity index (χ0n) is 12.1. The second kappa shape index (κ2) is 6.04. The van der Waals surface area contributed by atoms with E-state index in [1.165, 1.54) is 6.07 Å². The molecule has 1 saturated carbocycles. The molecule has 2 N–H and O–H groups in total. The normalized spacial score (nSPS) is 17.4. The van der Waals surface area contributed by atoms with E-state index in [0.29, 0.717) is 11.6 Å². The number of hydrogen-bond donors (Lipinski definition) is 2. The minimum absolute atomic E-state index is 0.0300. The van der Waals surface area contributed by atoms with Gasteiger partial charge in [-0.3, -0.25) is 4.79 Å². The summed E-state index contributed by atoms with van der Waals surface area (Å²) in [7, 11) is 0. The van der Waals surface area contributed by atoms with Crippen molar-refractivity contribution in [3.63, 3.8) is 0 Å². The Morgan fingerprint density at radius 3 is 2.60 bits per heavy atom. The first-order valence-electron chi connectivity index (χ1n) is 7.23. The number of amides is 1. The van der Waals surface area contributed by atoms with Crippen molar-refractivity contribution in [2.24, 2.45) is 11.3 Å². The summed E-state index contributed by atoms with van der Waals surface area (Å²) in [6.45, 7) is 4.32. The van der Waals surface area contributed by atoms with E-state index in [9.17, 15) is 9.90 Å². The maximum absolute atomic E-state index is 12.7. The summed E-state index contributed by atoms with van der Waals surface area (Å²) in [4.78, 5) is 12.7. The van der Waals surface area contributed by atoms with E-state index < -0.39 is 0 Å². The van der Waals surface area contributed by atoms with Gasteiger partial charge in [0.1, 0.15) is 5.75 Å². The van der Waals surface area contributed by atoms with E-state index in [0.717, 1.165) is 32.1 Å². The molecule has 0 bridgehead atoms. The Morgan fingerprint density at radius 1 is 1.40 bits per heavy atom. The lowest BCUT2D eigenvalue weighted by Crippen LogP contribution is -2.35. The van der Waals surface area contributed by atoms with E-state index >= 15 is 0 Å². The summed E-state index contributed by atoms with van der Waals surface area (Å²) < 4.78 is 0. The van der Waals surface area contributed by atoms with Gasteiger partial charge in [-0.2, -0.15) is 0 Å². The van der Waals surface area contributed by atoms with Crippen LogP contribution in [0, 0.1) is 11.3 Å². The molecule has 3 nitrogen and oxygen atoms in total. The second-order valence-corrected chi connectivity index (χ2v) is 6.61. The molecule has 1 aliphatic rings. The minimum atomic E-state index is -0.238. The van der Waals surface area contributed by atoms with E-state index in [1.807, 2.05) is 0 Å². The molecule has 20 heavy (non-hydrogen) atoms. The number of nitrogens with one attached hydrogen (secondary N) is 1. The number of carbonyl (C=O) groups excluding carboxylic acids is 1. The number of anilines is 1. The van der Waals surface area contributed by atoms with Gasteiger partial charge < -0.3 is 10.4 Å². The lowest BCUT2D eigenvalue weighted by atomic mass is 9.77. The summed E-state index contributed by atoms with van der Waals surface area (Å²) >= 11 is 5.87. The number of hydrogen-bond acceptors (Lipinski definition) is 2. The van der Waals surface area contributed by atoms with Crippen molar-refractivity contribution in [1.29, 1.82) is 0 Å². The van der Waals surface area contributed by atoms with Crippen molar-refractivity contribution < 1.29 is 9.90 Å². The molecule has 1 amide bonds. The Kier molecular flexibility index (Phi) is 4.59. The van der Waals surface area contributed by atoms with E-state index in [-0.39, 0.29) is 22.1 Å². The number of aromatic hydroxyl groups is 1. The van der Waals surface area contributed by atoms with E-state index in [4.69, 9.17) is 11.6 Å². The van der Waals surface area contributed by atoms with Gasteiger partial charge in [-0.25, -0.2) is 0 Å². The second-order valence-electron chi connectivity index (χ2n) is 6.21. The fourth-order valence-corrected chi connectivity index (χ4v) is 3.39. The zero-order chi connectivity index (χ0) is 14.8. The third-order valence-electron chi connectivity index (χ3n) is 4.05. The monoisotopic (exact) mass is 295 g/mol. The Labute approximate surface area is 125 Å². The number of benzene rings is 1. The largest absolute Gasteiger partial charge is 0.506 e. The fourth-order valence-electron chi connectivity index (χ4n) is 3.21. The highest BCUT2D eigenvalue weighted by molar-refractivity contribution is 6.32. The first-order chi connectivity index (χ1) is 9.43. The lowest BCUT2D eigenvalue weighted by Gasteiger charge is -2.29. The average Bonchev–Trinajstić information content (AvgIpc) is 2.83. The van der Waals surface area contributed by atoms with Gasteiger partial charge in [0.2, 0.25) is 5.91 Å². The van der Waals surface area contributed by atoms with Crippen LogP contribution in [0.15, 0.2) is 18.2 Å². The number of halogens is 1. The Hall–Kier alpha value is -1.22. The highest BCUT2D eigenvalue weighted by Gasteiger charge is 2.41. The van der Waals surface area contributed by atoms with Gasteiger partial charge in [-0.05, 0) is 43.4 Å². The van der Waals surface area contributed by atoms with Gasteiger partial charge in [0.25, 0.3) is 0 Å². The van der Waals surface area contributed by atoms with Crippen molar-refractivity contribution >= 4 is 23.2 Å². The molecule has 1 aromatic rings. The van der Waals surface area contributed by atoms with Gasteiger partial charge in [-0.15, -0.1) is 0 Å². The maximum Gasteiger partial charge on any atom is 0.230 e. The van der Waals surface area contributed by atoms with Crippen LogP contribution in [0.25, 0.3) is 0 Å². The van der Waals surface area contributed by atoms with Crippen LogP contribution in [0.2, 0.25) is 5.02 Å². The van der Waals surface area contributed by atoms with Gasteiger partial charge in [0.15, 0.2) is 0 Å². The Morgan fingerprint density at radius 2 is 2.05 bits per heavy atom. The topological polar surface area (TPSA) is 49.3 Å². The van der Waals surface area contributed by atoms with E-state index in [2.05, 4.69) is 19.2 Å². The van der Waals surface area contributed by atoms with Gasteiger partial charge in [-0.1, -0.05) is 38.3 Å². The van der Waals surface area contributed by atoms with Crippen LogP contribution in [0.4, 0.5) is 5.69 Å². The zero-order valence-corrected chi connectivity index (χ0v) is 12.8. The fraction of sp³-hybridized carbons (Fsp3) is 0.562. The summed E-state index contributed by atoms with van der Waals surface area (Å²) in [6.07, 6.45) is 5.09. The Balaban J connectivity index is 2.14. The smallest absolute Gasteiger partial charge is 0.230 e. The summed E-state index contributed by atoms with van der Waals surface area (Å²) in [5.74, 6) is 0.620. The predicted molar refractivity (Wildman–Crippen MR) is 82.1 cm³/mol. The van der Waals surface area contributed by atoms with Gasteiger partial charge in [0.05, 0.1) is 5.02 Å². The van der Waals surface area contributed by atoms with Crippen molar-refractivity contribution in [3.8, 4) is 5.75 Å². The molecule has 1 aliphatic carbocycles. The molecular formula is C16H22ClNO2.